The third-order valence-corrected chi connectivity index (χ3v) is 7.61. The number of oxazole rings is 1. The Morgan fingerprint density at radius 2 is 1.97 bits per heavy atom. The van der Waals surface area contributed by atoms with Crippen LogP contribution in [-0.4, -0.2) is 24.8 Å². The van der Waals surface area contributed by atoms with Gasteiger partial charge in [-0.1, -0.05) is 42.5 Å². The minimum absolute atomic E-state index is 0.133. The number of nitriles is 1. The lowest BCUT2D eigenvalue weighted by atomic mass is 10.0. The lowest BCUT2D eigenvalue weighted by molar-refractivity contribution is 0.314. The van der Waals surface area contributed by atoms with E-state index in [2.05, 4.69) is 15.9 Å². The molecule has 7 nitrogen and oxygen atoms in total. The van der Waals surface area contributed by atoms with E-state index >= 15 is 0 Å². The Balaban J connectivity index is 1.44. The Morgan fingerprint density at radius 1 is 1.15 bits per heavy atom. The molecule has 0 aliphatic carbocycles. The predicted molar refractivity (Wildman–Crippen MR) is 129 cm³/mol. The SMILES string of the molecule is Cc1ccc(S(=O)(=O)NCc2ccccc2)cc1-c1ccc2oc(C3CCCN3C#N)nc2c1. The molecule has 1 fully saturated rings. The van der Waals surface area contributed by atoms with Gasteiger partial charge in [-0.2, -0.15) is 5.26 Å². The van der Waals surface area contributed by atoms with Crippen molar-refractivity contribution in [3.63, 3.8) is 0 Å². The molecule has 5 rings (SSSR count). The highest BCUT2D eigenvalue weighted by Crippen LogP contribution is 2.34. The van der Waals surface area contributed by atoms with Crippen LogP contribution in [0.4, 0.5) is 0 Å². The minimum Gasteiger partial charge on any atom is -0.438 e. The second-order valence-electron chi connectivity index (χ2n) is 8.47. The van der Waals surface area contributed by atoms with E-state index in [-0.39, 0.29) is 17.5 Å². The molecule has 1 unspecified atom stereocenters. The first-order chi connectivity index (χ1) is 16.4. The average molecular weight is 473 g/mol. The Bertz CT molecular complexity index is 1490. The number of likely N-dealkylation sites (tertiary alicyclic amines) is 1. The van der Waals surface area contributed by atoms with Gasteiger partial charge in [0.2, 0.25) is 15.9 Å². The van der Waals surface area contributed by atoms with Crippen LogP contribution >= 0.6 is 0 Å². The summed E-state index contributed by atoms with van der Waals surface area (Å²) in [6.07, 6.45) is 3.98. The summed E-state index contributed by atoms with van der Waals surface area (Å²) in [6, 6.07) is 20.1. The number of nitrogens with zero attached hydrogens (tertiary/aromatic N) is 3. The Morgan fingerprint density at radius 3 is 2.76 bits per heavy atom. The largest absolute Gasteiger partial charge is 0.438 e. The van der Waals surface area contributed by atoms with Crippen molar-refractivity contribution in [2.24, 2.45) is 0 Å². The normalized spacial score (nSPS) is 16.1. The van der Waals surface area contributed by atoms with Crippen LogP contribution < -0.4 is 4.72 Å². The number of sulfonamides is 1. The number of rotatable bonds is 6. The van der Waals surface area contributed by atoms with Crippen molar-refractivity contribution < 1.29 is 12.8 Å². The van der Waals surface area contributed by atoms with Gasteiger partial charge in [0.1, 0.15) is 11.6 Å². The lowest BCUT2D eigenvalue weighted by Gasteiger charge is -2.13. The first-order valence-corrected chi connectivity index (χ1v) is 12.6. The maximum absolute atomic E-state index is 13.0. The molecule has 3 aromatic carbocycles. The Kier molecular flexibility index (Phi) is 5.82. The van der Waals surface area contributed by atoms with Gasteiger partial charge < -0.3 is 4.42 Å². The molecule has 0 radical (unpaired) electrons. The van der Waals surface area contributed by atoms with E-state index in [1.807, 2.05) is 61.5 Å². The van der Waals surface area contributed by atoms with Crippen LogP contribution in [0.25, 0.3) is 22.2 Å². The van der Waals surface area contributed by atoms with Crippen LogP contribution in [0.15, 0.2) is 76.0 Å². The molecule has 0 amide bonds. The number of benzene rings is 3. The molecule has 1 aliphatic rings. The number of nitrogens with one attached hydrogen (secondary N) is 1. The van der Waals surface area contributed by atoms with Gasteiger partial charge in [0, 0.05) is 13.1 Å². The summed E-state index contributed by atoms with van der Waals surface area (Å²) in [5, 5.41) is 9.34. The van der Waals surface area contributed by atoms with Crippen LogP contribution in [0.1, 0.15) is 35.9 Å². The lowest BCUT2D eigenvalue weighted by Crippen LogP contribution is -2.23. The second kappa shape index (κ2) is 8.93. The number of fused-ring (bicyclic) bond motifs is 1. The van der Waals surface area contributed by atoms with Gasteiger partial charge in [0.15, 0.2) is 11.8 Å². The van der Waals surface area contributed by atoms with Crippen molar-refractivity contribution in [2.45, 2.75) is 37.2 Å². The van der Waals surface area contributed by atoms with Crippen molar-refractivity contribution in [1.29, 1.82) is 5.26 Å². The van der Waals surface area contributed by atoms with Crippen molar-refractivity contribution >= 4 is 21.1 Å². The highest BCUT2D eigenvalue weighted by molar-refractivity contribution is 7.89. The standard InChI is InChI=1S/C26H24N4O3S/c1-18-9-11-21(34(31,32)28-16-19-6-3-2-4-7-19)15-22(18)20-10-12-25-23(14-20)29-26(33-25)24-8-5-13-30(24)17-27/h2-4,6-7,9-12,14-15,24,28H,5,8,13,16H2,1H3. The number of hydrogen-bond acceptors (Lipinski definition) is 6. The molecule has 0 spiro atoms. The Hall–Kier alpha value is -3.67. The zero-order chi connectivity index (χ0) is 23.7. The van der Waals surface area contributed by atoms with Gasteiger partial charge in [-0.3, -0.25) is 4.90 Å². The van der Waals surface area contributed by atoms with Crippen LogP contribution in [-0.2, 0) is 16.6 Å². The highest BCUT2D eigenvalue weighted by atomic mass is 32.2. The molecule has 34 heavy (non-hydrogen) atoms. The number of aromatic nitrogens is 1. The summed E-state index contributed by atoms with van der Waals surface area (Å²) in [7, 11) is -3.68. The molecule has 0 bridgehead atoms. The van der Waals surface area contributed by atoms with Gasteiger partial charge in [0.05, 0.1) is 4.90 Å². The molecule has 1 N–H and O–H groups in total. The number of hydrogen-bond donors (Lipinski definition) is 1. The summed E-state index contributed by atoms with van der Waals surface area (Å²) in [6.45, 7) is 2.88. The summed E-state index contributed by atoms with van der Waals surface area (Å²) in [4.78, 5) is 6.56. The van der Waals surface area contributed by atoms with Gasteiger partial charge >= 0.3 is 0 Å². The van der Waals surface area contributed by atoms with Crippen LogP contribution in [0, 0.1) is 18.4 Å². The molecule has 172 valence electrons. The van der Waals surface area contributed by atoms with Crippen LogP contribution in [0.3, 0.4) is 0 Å². The van der Waals surface area contributed by atoms with Crippen molar-refractivity contribution in [2.75, 3.05) is 6.54 Å². The summed E-state index contributed by atoms with van der Waals surface area (Å²) < 4.78 is 34.5. The summed E-state index contributed by atoms with van der Waals surface area (Å²) in [5.74, 6) is 0.546. The molecule has 1 aromatic heterocycles. The second-order valence-corrected chi connectivity index (χ2v) is 10.2. The zero-order valence-electron chi connectivity index (χ0n) is 18.7. The topological polar surface area (TPSA) is 99.2 Å². The fourth-order valence-electron chi connectivity index (χ4n) is 4.34. The van der Waals surface area contributed by atoms with E-state index in [0.29, 0.717) is 23.5 Å². The fourth-order valence-corrected chi connectivity index (χ4v) is 5.38. The van der Waals surface area contributed by atoms with Gasteiger partial charge in [-0.25, -0.2) is 18.1 Å². The molecule has 4 aromatic rings. The molecular weight excluding hydrogens is 448 g/mol. The third kappa shape index (κ3) is 4.28. The maximum atomic E-state index is 13.0. The molecule has 0 saturated carbocycles. The smallest absolute Gasteiger partial charge is 0.240 e. The van der Waals surface area contributed by atoms with Crippen molar-refractivity contribution in [3.8, 4) is 17.3 Å². The van der Waals surface area contributed by atoms with Gasteiger partial charge in [0.25, 0.3) is 0 Å². The fraction of sp³-hybridized carbons (Fsp3) is 0.231. The molecule has 1 aliphatic heterocycles. The van der Waals surface area contributed by atoms with Crippen molar-refractivity contribution in [3.05, 3.63) is 83.7 Å². The average Bonchev–Trinajstić information content (AvgIpc) is 3.49. The quantitative estimate of drug-likeness (QED) is 0.401. The van der Waals surface area contributed by atoms with E-state index in [1.54, 1.807) is 17.0 Å². The molecular formula is C26H24N4O3S. The number of aryl methyl sites for hydroxylation is 1. The van der Waals surface area contributed by atoms with E-state index < -0.39 is 10.0 Å². The van der Waals surface area contributed by atoms with Gasteiger partial charge in [-0.05, 0) is 66.3 Å². The summed E-state index contributed by atoms with van der Waals surface area (Å²) >= 11 is 0. The molecule has 2 heterocycles. The summed E-state index contributed by atoms with van der Waals surface area (Å²) in [5.41, 5.74) is 4.85. The maximum Gasteiger partial charge on any atom is 0.240 e. The van der Waals surface area contributed by atoms with E-state index in [0.717, 1.165) is 35.1 Å². The molecule has 1 atom stereocenters. The van der Waals surface area contributed by atoms with Gasteiger partial charge in [-0.15, -0.1) is 0 Å². The first kappa shape index (κ1) is 22.1. The van der Waals surface area contributed by atoms with E-state index in [9.17, 15) is 13.7 Å². The van der Waals surface area contributed by atoms with Crippen molar-refractivity contribution in [1.82, 2.24) is 14.6 Å². The van der Waals surface area contributed by atoms with Crippen LogP contribution in [0.5, 0.6) is 0 Å². The zero-order valence-corrected chi connectivity index (χ0v) is 19.5. The minimum atomic E-state index is -3.68. The predicted octanol–water partition coefficient (Wildman–Crippen LogP) is 4.90. The molecule has 8 heteroatoms. The van der Waals surface area contributed by atoms with Crippen LogP contribution in [0.2, 0.25) is 0 Å². The third-order valence-electron chi connectivity index (χ3n) is 6.21. The Labute approximate surface area is 198 Å². The highest BCUT2D eigenvalue weighted by Gasteiger charge is 2.29. The van der Waals surface area contributed by atoms with E-state index in [1.165, 1.54) is 0 Å². The first-order valence-electron chi connectivity index (χ1n) is 11.2. The van der Waals surface area contributed by atoms with E-state index in [4.69, 9.17) is 4.42 Å². The molecule has 1 saturated heterocycles. The monoisotopic (exact) mass is 472 g/mol.